The molecule has 8 heteroatoms. The Kier molecular flexibility index (Phi) is 10.9. The summed E-state index contributed by atoms with van der Waals surface area (Å²) in [5.74, 6) is 0.187. The van der Waals surface area contributed by atoms with Crippen LogP contribution in [0.25, 0.3) is 0 Å². The molecule has 0 bridgehead atoms. The van der Waals surface area contributed by atoms with Crippen molar-refractivity contribution in [2.24, 2.45) is 16.6 Å². The van der Waals surface area contributed by atoms with Crippen LogP contribution < -0.4 is 21.1 Å². The predicted octanol–water partition coefficient (Wildman–Crippen LogP) is 2.33. The van der Waals surface area contributed by atoms with E-state index < -0.39 is 11.8 Å². The van der Waals surface area contributed by atoms with Gasteiger partial charge in [0.15, 0.2) is 5.96 Å². The molecule has 1 unspecified atom stereocenters. The van der Waals surface area contributed by atoms with E-state index in [0.717, 1.165) is 11.3 Å². The van der Waals surface area contributed by atoms with E-state index in [1.165, 1.54) is 12.1 Å². The monoisotopic (exact) mass is 500 g/mol. The summed E-state index contributed by atoms with van der Waals surface area (Å²) in [5, 5.41) is 6.21. The zero-order valence-corrected chi connectivity index (χ0v) is 18.1. The molecular formula is C20H26FIN4O2. The minimum atomic E-state index is -0.436. The largest absolute Gasteiger partial charge is 0.492 e. The summed E-state index contributed by atoms with van der Waals surface area (Å²) in [4.78, 5) is 15.8. The van der Waals surface area contributed by atoms with Crippen molar-refractivity contribution in [3.63, 3.8) is 0 Å². The van der Waals surface area contributed by atoms with Gasteiger partial charge in [0, 0.05) is 13.6 Å². The lowest BCUT2D eigenvalue weighted by Crippen LogP contribution is -2.44. The van der Waals surface area contributed by atoms with Gasteiger partial charge in [-0.1, -0.05) is 30.3 Å². The summed E-state index contributed by atoms with van der Waals surface area (Å²) in [6.45, 7) is 1.35. The first kappa shape index (κ1) is 23.7. The number of primary amides is 1. The summed E-state index contributed by atoms with van der Waals surface area (Å²) in [5.41, 5.74) is 6.34. The summed E-state index contributed by atoms with van der Waals surface area (Å²) in [6, 6.07) is 15.6. The van der Waals surface area contributed by atoms with E-state index in [0.29, 0.717) is 32.1 Å². The Morgan fingerprint density at radius 3 is 2.43 bits per heavy atom. The number of rotatable bonds is 9. The molecule has 2 rings (SSSR count). The predicted molar refractivity (Wildman–Crippen MR) is 120 cm³/mol. The highest BCUT2D eigenvalue weighted by Gasteiger charge is 2.16. The van der Waals surface area contributed by atoms with Gasteiger partial charge in [-0.25, -0.2) is 4.39 Å². The number of ether oxygens (including phenoxy) is 1. The second kappa shape index (κ2) is 12.9. The second-order valence-electron chi connectivity index (χ2n) is 5.97. The fourth-order valence-electron chi connectivity index (χ4n) is 2.47. The van der Waals surface area contributed by atoms with Gasteiger partial charge in [0.05, 0.1) is 12.5 Å². The Labute approximate surface area is 181 Å². The summed E-state index contributed by atoms with van der Waals surface area (Å²) in [6.07, 6.45) is 0.427. The van der Waals surface area contributed by atoms with Gasteiger partial charge in [0.1, 0.15) is 18.2 Å². The molecular weight excluding hydrogens is 474 g/mol. The van der Waals surface area contributed by atoms with E-state index in [2.05, 4.69) is 15.6 Å². The quantitative estimate of drug-likeness (QED) is 0.214. The van der Waals surface area contributed by atoms with E-state index in [1.807, 2.05) is 30.3 Å². The van der Waals surface area contributed by atoms with Crippen molar-refractivity contribution in [1.29, 1.82) is 0 Å². The molecule has 0 fully saturated rings. The van der Waals surface area contributed by atoms with Crippen molar-refractivity contribution >= 4 is 35.8 Å². The lowest BCUT2D eigenvalue weighted by atomic mass is 9.98. The van der Waals surface area contributed by atoms with Gasteiger partial charge in [-0.15, -0.1) is 24.0 Å². The van der Waals surface area contributed by atoms with Crippen LogP contribution in [0.2, 0.25) is 0 Å². The highest BCUT2D eigenvalue weighted by atomic mass is 127. The standard InChI is InChI=1S/C20H25FN4O2.HI/c1-23-20(24-11-12-27-18-5-3-2-4-6-18)25-14-16(19(22)26)13-15-7-9-17(21)10-8-15;/h2-10,16H,11-14H2,1H3,(H2,22,26)(H2,23,24,25);1H. The van der Waals surface area contributed by atoms with Crippen LogP contribution in [0.15, 0.2) is 59.6 Å². The Hall–Kier alpha value is -2.36. The van der Waals surface area contributed by atoms with Gasteiger partial charge >= 0.3 is 0 Å². The molecule has 0 radical (unpaired) electrons. The average molecular weight is 500 g/mol. The van der Waals surface area contributed by atoms with Crippen LogP contribution in [0.1, 0.15) is 5.56 Å². The molecule has 4 N–H and O–H groups in total. The third-order valence-electron chi connectivity index (χ3n) is 3.94. The molecule has 2 aromatic carbocycles. The topological polar surface area (TPSA) is 88.7 Å². The zero-order chi connectivity index (χ0) is 19.5. The smallest absolute Gasteiger partial charge is 0.222 e. The van der Waals surface area contributed by atoms with Crippen LogP contribution >= 0.6 is 24.0 Å². The number of halogens is 2. The third-order valence-corrected chi connectivity index (χ3v) is 3.94. The Balaban J connectivity index is 0.00000392. The first-order chi connectivity index (χ1) is 13.1. The van der Waals surface area contributed by atoms with Crippen LogP contribution in [0.5, 0.6) is 5.75 Å². The number of benzene rings is 2. The van der Waals surface area contributed by atoms with E-state index >= 15 is 0 Å². The van der Waals surface area contributed by atoms with E-state index in [1.54, 1.807) is 19.2 Å². The van der Waals surface area contributed by atoms with Crippen molar-refractivity contribution in [3.8, 4) is 5.75 Å². The minimum absolute atomic E-state index is 0. The van der Waals surface area contributed by atoms with Crippen LogP contribution in [-0.2, 0) is 11.2 Å². The normalized spacial score (nSPS) is 11.9. The molecule has 0 spiro atoms. The number of carbonyl (C=O) groups excluding carboxylic acids is 1. The maximum absolute atomic E-state index is 13.0. The second-order valence-corrected chi connectivity index (χ2v) is 5.97. The van der Waals surface area contributed by atoms with E-state index in [4.69, 9.17) is 10.5 Å². The maximum Gasteiger partial charge on any atom is 0.222 e. The minimum Gasteiger partial charge on any atom is -0.492 e. The van der Waals surface area contributed by atoms with Crippen molar-refractivity contribution in [1.82, 2.24) is 10.6 Å². The number of nitrogens with zero attached hydrogens (tertiary/aromatic N) is 1. The summed E-state index contributed by atoms with van der Waals surface area (Å²) < 4.78 is 18.6. The fourth-order valence-corrected chi connectivity index (χ4v) is 2.47. The molecule has 28 heavy (non-hydrogen) atoms. The number of para-hydroxylation sites is 1. The Morgan fingerprint density at radius 2 is 1.82 bits per heavy atom. The maximum atomic E-state index is 13.0. The van der Waals surface area contributed by atoms with Gasteiger partial charge in [0.2, 0.25) is 5.91 Å². The number of hydrogen-bond donors (Lipinski definition) is 3. The molecule has 152 valence electrons. The molecule has 6 nitrogen and oxygen atoms in total. The molecule has 1 atom stereocenters. The van der Waals surface area contributed by atoms with Crippen molar-refractivity contribution in [3.05, 3.63) is 66.0 Å². The van der Waals surface area contributed by atoms with Gasteiger partial charge in [-0.3, -0.25) is 9.79 Å². The van der Waals surface area contributed by atoms with Crippen molar-refractivity contribution < 1.29 is 13.9 Å². The highest BCUT2D eigenvalue weighted by Crippen LogP contribution is 2.10. The summed E-state index contributed by atoms with van der Waals surface area (Å²) in [7, 11) is 1.65. The number of amides is 1. The number of carbonyl (C=O) groups is 1. The van der Waals surface area contributed by atoms with Gasteiger partial charge in [0.25, 0.3) is 0 Å². The molecule has 0 saturated heterocycles. The molecule has 0 heterocycles. The average Bonchev–Trinajstić information content (AvgIpc) is 2.68. The highest BCUT2D eigenvalue weighted by molar-refractivity contribution is 14.0. The number of nitrogens with two attached hydrogens (primary N) is 1. The molecule has 2 aromatic rings. The zero-order valence-electron chi connectivity index (χ0n) is 15.7. The van der Waals surface area contributed by atoms with Gasteiger partial charge in [-0.05, 0) is 36.2 Å². The fraction of sp³-hybridized carbons (Fsp3) is 0.300. The molecule has 0 aliphatic rings. The molecule has 0 aromatic heterocycles. The molecule has 0 aliphatic carbocycles. The number of guanidine groups is 1. The SMILES string of the molecule is CN=C(NCCOc1ccccc1)NCC(Cc1ccc(F)cc1)C(N)=O.I. The van der Waals surface area contributed by atoms with Crippen LogP contribution in [0.3, 0.4) is 0 Å². The number of hydrogen-bond acceptors (Lipinski definition) is 3. The van der Waals surface area contributed by atoms with Crippen LogP contribution in [-0.4, -0.2) is 38.6 Å². The van der Waals surface area contributed by atoms with Crippen LogP contribution in [0, 0.1) is 11.7 Å². The lowest BCUT2D eigenvalue weighted by molar-refractivity contribution is -0.121. The summed E-state index contributed by atoms with van der Waals surface area (Å²) >= 11 is 0. The van der Waals surface area contributed by atoms with Gasteiger partial charge < -0.3 is 21.1 Å². The van der Waals surface area contributed by atoms with Crippen LogP contribution in [0.4, 0.5) is 4.39 Å². The molecule has 0 saturated carbocycles. The van der Waals surface area contributed by atoms with E-state index in [9.17, 15) is 9.18 Å². The number of nitrogens with one attached hydrogen (secondary N) is 2. The first-order valence-electron chi connectivity index (χ1n) is 8.74. The Morgan fingerprint density at radius 1 is 1.14 bits per heavy atom. The number of aliphatic imine (C=N–C) groups is 1. The van der Waals surface area contributed by atoms with Gasteiger partial charge in [-0.2, -0.15) is 0 Å². The lowest BCUT2D eigenvalue weighted by Gasteiger charge is -2.17. The first-order valence-corrected chi connectivity index (χ1v) is 8.74. The molecule has 0 aliphatic heterocycles. The molecule has 1 amide bonds. The Bertz CT molecular complexity index is 742. The van der Waals surface area contributed by atoms with Crippen molar-refractivity contribution in [2.45, 2.75) is 6.42 Å². The third kappa shape index (κ3) is 8.55. The van der Waals surface area contributed by atoms with Crippen molar-refractivity contribution in [2.75, 3.05) is 26.7 Å². The van der Waals surface area contributed by atoms with E-state index in [-0.39, 0.29) is 29.8 Å².